The number of benzene rings is 1. The van der Waals surface area contributed by atoms with E-state index in [2.05, 4.69) is 54.1 Å². The van der Waals surface area contributed by atoms with Crippen molar-refractivity contribution in [3.63, 3.8) is 0 Å². The topological polar surface area (TPSA) is 27.0 Å². The number of rotatable bonds is 3. The van der Waals surface area contributed by atoms with Crippen molar-refractivity contribution in [3.05, 3.63) is 35.9 Å². The zero-order valence-electron chi connectivity index (χ0n) is 14.0. The standard InChI is InChI=1S/C21H26N2/c1-3-21-15-17(2)14-19(11-12-22)20(21)10-7-13-23(21)16-18-8-5-4-6-9-18/h1,4-6,8-9,17,19-20H,7,10-11,13-16H2,2H3/t17-,19-,20-,21-/m1/s1. The van der Waals surface area contributed by atoms with E-state index in [-0.39, 0.29) is 5.54 Å². The van der Waals surface area contributed by atoms with Gasteiger partial charge in [-0.05, 0) is 55.5 Å². The van der Waals surface area contributed by atoms with Crippen molar-refractivity contribution in [2.45, 2.75) is 51.1 Å². The predicted octanol–water partition coefficient (Wildman–Crippen LogP) is 4.23. The number of nitriles is 1. The van der Waals surface area contributed by atoms with Crippen LogP contribution < -0.4 is 0 Å². The van der Waals surface area contributed by atoms with Gasteiger partial charge in [-0.25, -0.2) is 0 Å². The molecule has 4 atom stereocenters. The maximum Gasteiger partial charge on any atom is 0.0859 e. The van der Waals surface area contributed by atoms with Crippen LogP contribution in [0, 0.1) is 41.4 Å². The van der Waals surface area contributed by atoms with E-state index in [1.54, 1.807) is 0 Å². The zero-order valence-corrected chi connectivity index (χ0v) is 14.0. The van der Waals surface area contributed by atoms with E-state index in [0.717, 1.165) is 25.9 Å². The second-order valence-electron chi connectivity index (χ2n) is 7.39. The number of hydrogen-bond acceptors (Lipinski definition) is 2. The van der Waals surface area contributed by atoms with Crippen molar-refractivity contribution in [2.24, 2.45) is 17.8 Å². The summed E-state index contributed by atoms with van der Waals surface area (Å²) in [6.07, 6.45) is 11.4. The van der Waals surface area contributed by atoms with Crippen LogP contribution in [-0.4, -0.2) is 17.0 Å². The quantitative estimate of drug-likeness (QED) is 0.781. The lowest BCUT2D eigenvalue weighted by Gasteiger charge is -2.56. The van der Waals surface area contributed by atoms with Crippen LogP contribution in [0.5, 0.6) is 0 Å². The summed E-state index contributed by atoms with van der Waals surface area (Å²) in [6, 6.07) is 13.0. The van der Waals surface area contributed by atoms with Gasteiger partial charge in [0.2, 0.25) is 0 Å². The van der Waals surface area contributed by atoms with E-state index in [4.69, 9.17) is 6.42 Å². The molecule has 1 aliphatic carbocycles. The molecule has 0 unspecified atom stereocenters. The first kappa shape index (κ1) is 16.1. The lowest BCUT2D eigenvalue weighted by molar-refractivity contribution is -0.0428. The highest BCUT2D eigenvalue weighted by Crippen LogP contribution is 2.50. The molecule has 1 saturated carbocycles. The minimum absolute atomic E-state index is 0.159. The molecule has 0 radical (unpaired) electrons. The molecule has 0 aromatic heterocycles. The number of likely N-dealkylation sites (tertiary alicyclic amines) is 1. The lowest BCUT2D eigenvalue weighted by Crippen LogP contribution is -2.60. The van der Waals surface area contributed by atoms with Crippen molar-refractivity contribution >= 4 is 0 Å². The highest BCUT2D eigenvalue weighted by atomic mass is 15.2. The molecular weight excluding hydrogens is 280 g/mol. The van der Waals surface area contributed by atoms with Crippen LogP contribution in [0.3, 0.4) is 0 Å². The van der Waals surface area contributed by atoms with Gasteiger partial charge >= 0.3 is 0 Å². The van der Waals surface area contributed by atoms with Crippen LogP contribution in [0.15, 0.2) is 30.3 Å². The fourth-order valence-electron chi connectivity index (χ4n) is 5.00. The summed E-state index contributed by atoms with van der Waals surface area (Å²) in [5.41, 5.74) is 1.17. The van der Waals surface area contributed by atoms with Gasteiger partial charge in [-0.2, -0.15) is 5.26 Å². The molecule has 1 aromatic rings. The van der Waals surface area contributed by atoms with E-state index in [9.17, 15) is 5.26 Å². The van der Waals surface area contributed by atoms with Gasteiger partial charge in [-0.15, -0.1) is 6.42 Å². The molecule has 1 aliphatic heterocycles. The summed E-state index contributed by atoms with van der Waals surface area (Å²) in [5, 5.41) is 9.24. The normalized spacial score (nSPS) is 34.1. The molecule has 0 N–H and O–H groups in total. The van der Waals surface area contributed by atoms with Crippen LogP contribution in [0.1, 0.15) is 44.6 Å². The number of piperidine rings is 1. The lowest BCUT2D eigenvalue weighted by atomic mass is 9.59. The summed E-state index contributed by atoms with van der Waals surface area (Å²) in [7, 11) is 0. The summed E-state index contributed by atoms with van der Waals surface area (Å²) >= 11 is 0. The molecule has 0 bridgehead atoms. The van der Waals surface area contributed by atoms with E-state index in [1.807, 2.05) is 0 Å². The maximum atomic E-state index is 9.24. The zero-order chi connectivity index (χ0) is 16.3. The van der Waals surface area contributed by atoms with E-state index >= 15 is 0 Å². The van der Waals surface area contributed by atoms with Crippen molar-refractivity contribution in [3.8, 4) is 18.4 Å². The minimum atomic E-state index is -0.159. The van der Waals surface area contributed by atoms with E-state index < -0.39 is 0 Å². The number of hydrogen-bond donors (Lipinski definition) is 0. The SMILES string of the molecule is C#C[C@@]12C[C@H](C)C[C@@H](CC#N)[C@H]1CCCN2Cc1ccccc1. The van der Waals surface area contributed by atoms with Gasteiger partial charge in [0.1, 0.15) is 0 Å². The fraction of sp³-hybridized carbons (Fsp3) is 0.571. The summed E-state index contributed by atoms with van der Waals surface area (Å²) < 4.78 is 0. The molecule has 120 valence electrons. The van der Waals surface area contributed by atoms with Crippen molar-refractivity contribution in [1.82, 2.24) is 4.90 Å². The monoisotopic (exact) mass is 306 g/mol. The second kappa shape index (κ2) is 6.77. The molecule has 1 aromatic carbocycles. The molecule has 23 heavy (non-hydrogen) atoms. The molecule has 1 saturated heterocycles. The molecule has 0 spiro atoms. The average molecular weight is 306 g/mol. The number of fused-ring (bicyclic) bond motifs is 1. The van der Waals surface area contributed by atoms with Gasteiger partial charge in [0.25, 0.3) is 0 Å². The molecule has 3 rings (SSSR count). The number of terminal acetylenes is 1. The van der Waals surface area contributed by atoms with E-state index in [1.165, 1.54) is 18.4 Å². The molecule has 1 heterocycles. The first-order chi connectivity index (χ1) is 11.2. The highest BCUT2D eigenvalue weighted by molar-refractivity contribution is 5.24. The Bertz CT molecular complexity index is 609. The summed E-state index contributed by atoms with van der Waals surface area (Å²) in [5.74, 6) is 4.75. The van der Waals surface area contributed by atoms with Crippen LogP contribution in [0.2, 0.25) is 0 Å². The Morgan fingerprint density at radius 1 is 1.35 bits per heavy atom. The Balaban J connectivity index is 1.91. The molecular formula is C21H26N2. The molecule has 2 nitrogen and oxygen atoms in total. The van der Waals surface area contributed by atoms with Gasteiger partial charge < -0.3 is 0 Å². The van der Waals surface area contributed by atoms with Gasteiger partial charge in [0, 0.05) is 13.0 Å². The molecule has 2 aliphatic rings. The minimum Gasteiger partial charge on any atom is -0.283 e. The third-order valence-electron chi connectivity index (χ3n) is 5.87. The van der Waals surface area contributed by atoms with E-state index in [0.29, 0.717) is 24.2 Å². The second-order valence-corrected chi connectivity index (χ2v) is 7.39. The van der Waals surface area contributed by atoms with Gasteiger partial charge in [0.15, 0.2) is 0 Å². The molecule has 2 fully saturated rings. The van der Waals surface area contributed by atoms with Gasteiger partial charge in [0.05, 0.1) is 11.6 Å². The van der Waals surface area contributed by atoms with Crippen molar-refractivity contribution < 1.29 is 0 Å². The first-order valence-corrected chi connectivity index (χ1v) is 8.83. The fourth-order valence-corrected chi connectivity index (χ4v) is 5.00. The Hall–Kier alpha value is -1.77. The molecule has 2 heteroatoms. The Morgan fingerprint density at radius 3 is 2.83 bits per heavy atom. The highest BCUT2D eigenvalue weighted by Gasteiger charge is 2.51. The van der Waals surface area contributed by atoms with Gasteiger partial charge in [-0.1, -0.05) is 43.2 Å². The van der Waals surface area contributed by atoms with Crippen molar-refractivity contribution in [1.29, 1.82) is 5.26 Å². The Kier molecular flexibility index (Phi) is 4.74. The summed E-state index contributed by atoms with van der Waals surface area (Å²) in [6.45, 7) is 4.30. The third kappa shape index (κ3) is 3.01. The Labute approximate surface area is 140 Å². The van der Waals surface area contributed by atoms with Crippen LogP contribution in [0.4, 0.5) is 0 Å². The van der Waals surface area contributed by atoms with Crippen LogP contribution >= 0.6 is 0 Å². The Morgan fingerprint density at radius 2 is 2.13 bits per heavy atom. The largest absolute Gasteiger partial charge is 0.283 e. The predicted molar refractivity (Wildman–Crippen MR) is 93.3 cm³/mol. The van der Waals surface area contributed by atoms with Crippen LogP contribution in [0.25, 0.3) is 0 Å². The first-order valence-electron chi connectivity index (χ1n) is 8.83. The van der Waals surface area contributed by atoms with Crippen molar-refractivity contribution in [2.75, 3.05) is 6.54 Å². The smallest absolute Gasteiger partial charge is 0.0859 e. The maximum absolute atomic E-state index is 9.24. The third-order valence-corrected chi connectivity index (χ3v) is 5.87. The van der Waals surface area contributed by atoms with Gasteiger partial charge in [-0.3, -0.25) is 4.90 Å². The molecule has 0 amide bonds. The number of nitrogens with zero attached hydrogens (tertiary/aromatic N) is 2. The summed E-state index contributed by atoms with van der Waals surface area (Å²) in [4.78, 5) is 2.54. The van der Waals surface area contributed by atoms with Crippen LogP contribution in [-0.2, 0) is 6.54 Å². The average Bonchev–Trinajstić information content (AvgIpc) is 2.56.